The summed E-state index contributed by atoms with van der Waals surface area (Å²) >= 11 is 0. The van der Waals surface area contributed by atoms with E-state index in [2.05, 4.69) is 15.5 Å². The first-order valence-corrected chi connectivity index (χ1v) is 12.0. The zero-order valence-corrected chi connectivity index (χ0v) is 17.0. The Morgan fingerprint density at radius 1 is 0.419 bits per heavy atom. The van der Waals surface area contributed by atoms with Gasteiger partial charge < -0.3 is 0 Å². The van der Waals surface area contributed by atoms with E-state index in [1.165, 1.54) is 0 Å². The third-order valence-electron chi connectivity index (χ3n) is 4.92. The summed E-state index contributed by atoms with van der Waals surface area (Å²) in [5.74, 6) is 0.164. The quantitative estimate of drug-likeness (QED) is 0.587. The van der Waals surface area contributed by atoms with Crippen molar-refractivity contribution in [2.24, 2.45) is 15.5 Å². The molecule has 0 saturated carbocycles. The number of hydrogen-bond donors (Lipinski definition) is 0. The molecule has 0 aromatic heterocycles. The van der Waals surface area contributed by atoms with Gasteiger partial charge in [-0.15, -0.1) is 0 Å². The summed E-state index contributed by atoms with van der Waals surface area (Å²) < 4.78 is 35.4. The topological polar surface area (TPSA) is 92.5 Å². The van der Waals surface area contributed by atoms with Crippen molar-refractivity contribution in [3.63, 3.8) is 0 Å². The summed E-state index contributed by atoms with van der Waals surface area (Å²) in [5.41, 5.74) is 1.81. The van der Waals surface area contributed by atoms with Crippen molar-refractivity contribution in [2.45, 2.75) is 0 Å². The second kappa shape index (κ2) is 5.64. The molecular weight excluding hydrogens is 418 g/mol. The monoisotopic (exact) mass is 433 g/mol. The van der Waals surface area contributed by atoms with Gasteiger partial charge in [0.1, 0.15) is 0 Å². The van der Waals surface area contributed by atoms with Gasteiger partial charge in [-0.2, -0.15) is 0 Å². The Morgan fingerprint density at radius 2 is 0.710 bits per heavy atom. The fourth-order valence-corrected chi connectivity index (χ4v) is 6.43. The molecule has 3 aromatic rings. The van der Waals surface area contributed by atoms with Crippen LogP contribution in [-0.2, 0) is 26.9 Å². The molecule has 0 saturated heterocycles. The molecule has 156 valence electrons. The molecule has 0 radical (unpaired) electrons. The Morgan fingerprint density at radius 3 is 1.00 bits per heavy atom. The first kappa shape index (κ1) is 17.5. The van der Waals surface area contributed by atoms with Crippen LogP contribution in [0.15, 0.2) is 106 Å². The number of rotatable bonds is 3. The van der Waals surface area contributed by atoms with Gasteiger partial charge in [0.05, 0.1) is 0 Å². The normalized spacial score (nSPS) is 23.0. The van der Waals surface area contributed by atoms with Gasteiger partial charge in [-0.3, -0.25) is 0 Å². The molecule has 0 aliphatic carbocycles. The van der Waals surface area contributed by atoms with Crippen LogP contribution in [0.1, 0.15) is 16.7 Å². The van der Waals surface area contributed by atoms with Crippen LogP contribution in [0.25, 0.3) is 0 Å². The molecule has 0 bridgehead atoms. The first-order chi connectivity index (χ1) is 15.1. The molecule has 1 spiro atoms. The molecule has 0 unspecified atom stereocenters. The number of nitrogens with zero attached hydrogens (tertiary/aromatic N) is 3. The molecule has 0 amide bonds. The first-order valence-electron chi connectivity index (χ1n) is 9.54. The molecule has 3 aliphatic heterocycles. The maximum absolute atomic E-state index is 6.28. The fourth-order valence-electron chi connectivity index (χ4n) is 3.41. The minimum absolute atomic E-state index is 0.0547. The van der Waals surface area contributed by atoms with E-state index in [0.717, 1.165) is 0 Å². The minimum atomic E-state index is -6.28. The number of benzene rings is 3. The Kier molecular flexibility index (Phi) is 3.19. The summed E-state index contributed by atoms with van der Waals surface area (Å²) in [7, 11) is -6.28. The van der Waals surface area contributed by atoms with Gasteiger partial charge >= 0.3 is 176 Å². The van der Waals surface area contributed by atoms with Crippen molar-refractivity contribution >= 4 is 25.8 Å². The Balaban J connectivity index is 1.43. The molecule has 3 heterocycles. The van der Waals surface area contributed by atoms with Crippen LogP contribution < -0.4 is 0 Å². The fraction of sp³-hybridized carbons (Fsp3) is 0. The van der Waals surface area contributed by atoms with Crippen LogP contribution >= 0.6 is 0 Å². The van der Waals surface area contributed by atoms with Gasteiger partial charge in [0.2, 0.25) is 0 Å². The van der Waals surface area contributed by atoms with E-state index in [0.29, 0.717) is 16.7 Å². The summed E-state index contributed by atoms with van der Waals surface area (Å²) in [5, 5.41) is 12.1. The third-order valence-corrected chi connectivity index (χ3v) is 8.14. The average molecular weight is 433 g/mol. The predicted octanol–water partition coefficient (Wildman–Crippen LogP) is 3.55. The molecule has 6 rings (SSSR count). The van der Waals surface area contributed by atoms with Crippen LogP contribution in [0, 0.1) is 0 Å². The van der Waals surface area contributed by atoms with E-state index in [-0.39, 0.29) is 17.7 Å². The van der Waals surface area contributed by atoms with Crippen LogP contribution in [0.3, 0.4) is 0 Å². The summed E-state index contributed by atoms with van der Waals surface area (Å²) in [4.78, 5) is 0. The van der Waals surface area contributed by atoms with E-state index < -0.39 is 8.09 Å². The van der Waals surface area contributed by atoms with E-state index in [4.69, 9.17) is 26.9 Å². The van der Waals surface area contributed by atoms with Gasteiger partial charge in [-0.1, -0.05) is 0 Å². The molecule has 9 nitrogen and oxygen atoms in total. The molecule has 3 aromatic carbocycles. The molecule has 0 N–H and O–H groups in total. The molecule has 31 heavy (non-hydrogen) atoms. The zero-order chi connectivity index (χ0) is 20.8. The van der Waals surface area contributed by atoms with Crippen LogP contribution in [-0.4, -0.2) is 25.8 Å². The Bertz CT molecular complexity index is 1110. The zero-order valence-electron chi connectivity index (χ0n) is 16.0. The van der Waals surface area contributed by atoms with Crippen molar-refractivity contribution in [2.75, 3.05) is 0 Å². The Hall–Kier alpha value is -4.31. The average Bonchev–Trinajstić information content (AvgIpc) is 3.50. The second-order valence-corrected chi connectivity index (χ2v) is 10.8. The molecular formula is C21H15N3O6Si-2. The number of oxime groups is 3. The van der Waals surface area contributed by atoms with Crippen molar-refractivity contribution in [3.05, 3.63) is 108 Å². The predicted molar refractivity (Wildman–Crippen MR) is 111 cm³/mol. The summed E-state index contributed by atoms with van der Waals surface area (Å²) in [6.07, 6.45) is 0. The van der Waals surface area contributed by atoms with Gasteiger partial charge in [-0.05, 0) is 0 Å². The van der Waals surface area contributed by atoms with Crippen molar-refractivity contribution in [1.29, 1.82) is 0 Å². The van der Waals surface area contributed by atoms with Crippen molar-refractivity contribution in [3.8, 4) is 0 Å². The van der Waals surface area contributed by atoms with Gasteiger partial charge in [0.15, 0.2) is 0 Å². The van der Waals surface area contributed by atoms with Crippen LogP contribution in [0.5, 0.6) is 0 Å². The van der Waals surface area contributed by atoms with E-state index in [1.54, 1.807) is 36.4 Å². The van der Waals surface area contributed by atoms with E-state index in [9.17, 15) is 0 Å². The molecule has 3 aliphatic rings. The van der Waals surface area contributed by atoms with Gasteiger partial charge in [-0.25, -0.2) is 0 Å². The van der Waals surface area contributed by atoms with E-state index in [1.807, 2.05) is 54.6 Å². The SMILES string of the molecule is c1ccc(C2=NO[Si-2]34(ON=C(c5ccccc5)O3)(ON=C(c3ccccc3)O4)O2)cc1. The third kappa shape index (κ3) is 2.45. The van der Waals surface area contributed by atoms with Crippen LogP contribution in [0.4, 0.5) is 0 Å². The maximum atomic E-state index is 6.10. The second-order valence-electron chi connectivity index (χ2n) is 7.12. The molecule has 10 heteroatoms. The summed E-state index contributed by atoms with van der Waals surface area (Å²) in [6.45, 7) is 0. The van der Waals surface area contributed by atoms with Crippen molar-refractivity contribution < 1.29 is 26.9 Å². The van der Waals surface area contributed by atoms with Gasteiger partial charge in [0, 0.05) is 0 Å². The Labute approximate surface area is 176 Å². The molecule has 0 atom stereocenters. The molecule has 0 fully saturated rings. The van der Waals surface area contributed by atoms with E-state index >= 15 is 0 Å². The van der Waals surface area contributed by atoms with Gasteiger partial charge in [0.25, 0.3) is 0 Å². The standard InChI is InChI=1S/C21H15N3O6Si/c1-4-10-16(11-5-1)19-22-28-31(25-19,26-20(23-29-31)17-12-6-2-7-13-17)27-21(24-30-31)18-14-8-3-9-15-18/h1-15H/q-2. The van der Waals surface area contributed by atoms with Crippen LogP contribution in [0.2, 0.25) is 0 Å². The van der Waals surface area contributed by atoms with Crippen molar-refractivity contribution in [1.82, 2.24) is 0 Å². The summed E-state index contributed by atoms with van der Waals surface area (Å²) in [6, 6.07) is 27.2. The number of hydrogen-bond acceptors (Lipinski definition) is 9.